The number of benzene rings is 1. The maximum absolute atomic E-state index is 12.2. The van der Waals surface area contributed by atoms with E-state index in [9.17, 15) is 18.0 Å². The highest BCUT2D eigenvalue weighted by atomic mass is 32.2. The molecule has 0 spiro atoms. The highest BCUT2D eigenvalue weighted by Gasteiger charge is 2.10. The molecule has 0 saturated heterocycles. The Balaban J connectivity index is 1.74. The molecule has 3 aromatic rings. The van der Waals surface area contributed by atoms with Crippen molar-refractivity contribution in [3.05, 3.63) is 64.3 Å². The molecule has 0 atom stereocenters. The van der Waals surface area contributed by atoms with Crippen LogP contribution in [0.3, 0.4) is 0 Å². The SMILES string of the molecule is NS(=O)(=O)c1ccc(NC(=O)Cn2nc(-c3cccs3)ccc2=O)cc1. The van der Waals surface area contributed by atoms with Gasteiger partial charge in [-0.05, 0) is 41.8 Å². The Hall–Kier alpha value is -2.82. The lowest BCUT2D eigenvalue weighted by atomic mass is 10.3. The van der Waals surface area contributed by atoms with E-state index in [1.165, 1.54) is 41.7 Å². The molecule has 2 heterocycles. The van der Waals surface area contributed by atoms with E-state index in [0.717, 1.165) is 9.56 Å². The van der Waals surface area contributed by atoms with Gasteiger partial charge in [0.1, 0.15) is 12.2 Å². The van der Waals surface area contributed by atoms with Crippen molar-refractivity contribution >= 4 is 33.0 Å². The lowest BCUT2D eigenvalue weighted by molar-refractivity contribution is -0.117. The minimum Gasteiger partial charge on any atom is -0.324 e. The molecule has 10 heteroatoms. The van der Waals surface area contributed by atoms with Crippen molar-refractivity contribution in [3.8, 4) is 10.6 Å². The number of carbonyl (C=O) groups is 1. The number of hydrogen-bond acceptors (Lipinski definition) is 6. The predicted molar refractivity (Wildman–Crippen MR) is 98.3 cm³/mol. The first-order valence-corrected chi connectivity index (χ1v) is 9.80. The Morgan fingerprint density at radius 1 is 1.15 bits per heavy atom. The van der Waals surface area contributed by atoms with Crippen LogP contribution in [0.5, 0.6) is 0 Å². The van der Waals surface area contributed by atoms with Gasteiger partial charge in [0.2, 0.25) is 15.9 Å². The Bertz CT molecular complexity index is 1090. The first-order chi connectivity index (χ1) is 12.3. The van der Waals surface area contributed by atoms with Gasteiger partial charge in [0, 0.05) is 11.8 Å². The molecular formula is C16H14N4O4S2. The fourth-order valence-corrected chi connectivity index (χ4v) is 3.39. The van der Waals surface area contributed by atoms with Crippen molar-refractivity contribution in [1.29, 1.82) is 0 Å². The molecule has 0 aliphatic rings. The summed E-state index contributed by atoms with van der Waals surface area (Å²) in [7, 11) is -3.80. The van der Waals surface area contributed by atoms with E-state index in [2.05, 4.69) is 10.4 Å². The average Bonchev–Trinajstić information content (AvgIpc) is 3.11. The molecule has 0 unspecified atom stereocenters. The van der Waals surface area contributed by atoms with Crippen LogP contribution in [0.25, 0.3) is 10.6 Å². The second kappa shape index (κ2) is 7.20. The van der Waals surface area contributed by atoms with Gasteiger partial charge in [-0.2, -0.15) is 5.10 Å². The molecule has 0 bridgehead atoms. The van der Waals surface area contributed by atoms with E-state index in [4.69, 9.17) is 5.14 Å². The molecule has 0 saturated carbocycles. The van der Waals surface area contributed by atoms with Crippen molar-refractivity contribution < 1.29 is 13.2 Å². The number of nitrogens with zero attached hydrogens (tertiary/aromatic N) is 2. The van der Waals surface area contributed by atoms with Crippen LogP contribution in [-0.4, -0.2) is 24.1 Å². The van der Waals surface area contributed by atoms with E-state index >= 15 is 0 Å². The number of primary sulfonamides is 1. The quantitative estimate of drug-likeness (QED) is 0.679. The predicted octanol–water partition coefficient (Wildman–Crippen LogP) is 1.26. The summed E-state index contributed by atoms with van der Waals surface area (Å²) in [6, 6.07) is 12.1. The Labute approximate surface area is 153 Å². The molecule has 0 aliphatic heterocycles. The van der Waals surface area contributed by atoms with E-state index in [1.54, 1.807) is 6.07 Å². The molecule has 8 nitrogen and oxygen atoms in total. The van der Waals surface area contributed by atoms with Crippen molar-refractivity contribution in [2.75, 3.05) is 5.32 Å². The van der Waals surface area contributed by atoms with Crippen molar-refractivity contribution in [3.63, 3.8) is 0 Å². The van der Waals surface area contributed by atoms with E-state index < -0.39 is 21.5 Å². The van der Waals surface area contributed by atoms with Gasteiger partial charge in [-0.1, -0.05) is 6.07 Å². The van der Waals surface area contributed by atoms with Gasteiger partial charge in [-0.25, -0.2) is 18.2 Å². The van der Waals surface area contributed by atoms with E-state index in [1.807, 2.05) is 17.5 Å². The van der Waals surface area contributed by atoms with Gasteiger partial charge < -0.3 is 5.32 Å². The van der Waals surface area contributed by atoms with Crippen LogP contribution in [0.1, 0.15) is 0 Å². The third-order valence-corrected chi connectivity index (χ3v) is 5.22. The van der Waals surface area contributed by atoms with Crippen LogP contribution in [0.4, 0.5) is 5.69 Å². The number of thiophene rings is 1. The lowest BCUT2D eigenvalue weighted by Gasteiger charge is -2.08. The lowest BCUT2D eigenvalue weighted by Crippen LogP contribution is -2.29. The number of amides is 1. The summed E-state index contributed by atoms with van der Waals surface area (Å²) >= 11 is 1.48. The molecule has 0 radical (unpaired) electrons. The number of hydrogen-bond donors (Lipinski definition) is 2. The fraction of sp³-hybridized carbons (Fsp3) is 0.0625. The van der Waals surface area contributed by atoms with Gasteiger partial charge in [-0.15, -0.1) is 11.3 Å². The smallest absolute Gasteiger partial charge is 0.267 e. The summed E-state index contributed by atoms with van der Waals surface area (Å²) in [5, 5.41) is 13.7. The minimum atomic E-state index is -3.80. The first-order valence-electron chi connectivity index (χ1n) is 7.38. The number of anilines is 1. The van der Waals surface area contributed by atoms with Crippen molar-refractivity contribution in [2.45, 2.75) is 11.4 Å². The molecular weight excluding hydrogens is 376 g/mol. The summed E-state index contributed by atoms with van der Waals surface area (Å²) in [6.45, 7) is -0.269. The maximum Gasteiger partial charge on any atom is 0.267 e. The standard InChI is InChI=1S/C16H14N4O4S2/c17-26(23,24)12-5-3-11(4-6-12)18-15(21)10-20-16(22)8-7-13(19-20)14-2-1-9-25-14/h1-9H,10H2,(H,18,21)(H2,17,23,24). The zero-order valence-corrected chi connectivity index (χ0v) is 15.0. The summed E-state index contributed by atoms with van der Waals surface area (Å²) in [6.07, 6.45) is 0. The van der Waals surface area contributed by atoms with Gasteiger partial charge in [0.15, 0.2) is 0 Å². The molecule has 3 rings (SSSR count). The number of sulfonamides is 1. The van der Waals surface area contributed by atoms with Crippen molar-refractivity contribution in [2.24, 2.45) is 5.14 Å². The van der Waals surface area contributed by atoms with Crippen LogP contribution in [0, 0.1) is 0 Å². The number of nitrogens with two attached hydrogens (primary N) is 1. The zero-order valence-electron chi connectivity index (χ0n) is 13.3. The Kier molecular flexibility index (Phi) is 4.98. The molecule has 1 aromatic carbocycles. The van der Waals surface area contributed by atoms with E-state index in [-0.39, 0.29) is 11.4 Å². The molecule has 2 aromatic heterocycles. The first kappa shape index (κ1) is 18.0. The van der Waals surface area contributed by atoms with Crippen molar-refractivity contribution in [1.82, 2.24) is 9.78 Å². The largest absolute Gasteiger partial charge is 0.324 e. The molecule has 3 N–H and O–H groups in total. The van der Waals surface area contributed by atoms with Crippen LogP contribution < -0.4 is 16.0 Å². The third kappa shape index (κ3) is 4.23. The van der Waals surface area contributed by atoms with Crippen LogP contribution in [0.2, 0.25) is 0 Å². The minimum absolute atomic E-state index is 0.0583. The number of aromatic nitrogens is 2. The van der Waals surface area contributed by atoms with Gasteiger partial charge in [0.25, 0.3) is 5.56 Å². The number of nitrogens with one attached hydrogen (secondary N) is 1. The second-order valence-electron chi connectivity index (χ2n) is 5.31. The van der Waals surface area contributed by atoms with Crippen LogP contribution in [0.15, 0.2) is 63.6 Å². The molecule has 1 amide bonds. The molecule has 0 aliphatic carbocycles. The maximum atomic E-state index is 12.2. The second-order valence-corrected chi connectivity index (χ2v) is 7.82. The highest BCUT2D eigenvalue weighted by molar-refractivity contribution is 7.89. The zero-order chi connectivity index (χ0) is 18.7. The Morgan fingerprint density at radius 3 is 2.50 bits per heavy atom. The highest BCUT2D eigenvalue weighted by Crippen LogP contribution is 2.21. The molecule has 26 heavy (non-hydrogen) atoms. The average molecular weight is 390 g/mol. The van der Waals surface area contributed by atoms with Gasteiger partial charge in [-0.3, -0.25) is 9.59 Å². The summed E-state index contributed by atoms with van der Waals surface area (Å²) in [4.78, 5) is 24.9. The fourth-order valence-electron chi connectivity index (χ4n) is 2.18. The number of carbonyl (C=O) groups excluding carboxylic acids is 1. The topological polar surface area (TPSA) is 124 Å². The van der Waals surface area contributed by atoms with Crippen LogP contribution >= 0.6 is 11.3 Å². The van der Waals surface area contributed by atoms with Gasteiger partial charge >= 0.3 is 0 Å². The number of rotatable bonds is 5. The molecule has 0 fully saturated rings. The summed E-state index contributed by atoms with van der Waals surface area (Å²) in [5.74, 6) is -0.466. The third-order valence-electron chi connectivity index (χ3n) is 3.40. The molecule has 134 valence electrons. The summed E-state index contributed by atoms with van der Waals surface area (Å²) < 4.78 is 23.5. The Morgan fingerprint density at radius 2 is 1.88 bits per heavy atom. The summed E-state index contributed by atoms with van der Waals surface area (Å²) in [5.41, 5.74) is 0.583. The van der Waals surface area contributed by atoms with Gasteiger partial charge in [0.05, 0.1) is 9.77 Å². The normalized spacial score (nSPS) is 11.3. The van der Waals surface area contributed by atoms with Crippen LogP contribution in [-0.2, 0) is 21.4 Å². The van der Waals surface area contributed by atoms with E-state index in [0.29, 0.717) is 11.4 Å². The monoisotopic (exact) mass is 390 g/mol.